The fourth-order valence-electron chi connectivity index (χ4n) is 1.24. The molecule has 0 N–H and O–H groups in total. The molecule has 92 valence electrons. The summed E-state index contributed by atoms with van der Waals surface area (Å²) in [5, 5.41) is 9.43. The molecule has 0 aliphatic carbocycles. The van der Waals surface area contributed by atoms with Crippen LogP contribution in [0.25, 0.3) is 0 Å². The summed E-state index contributed by atoms with van der Waals surface area (Å²) in [5.41, 5.74) is -0.250. The number of ether oxygens (including phenoxy) is 1. The first-order chi connectivity index (χ1) is 7.95. The van der Waals surface area contributed by atoms with E-state index in [1.165, 1.54) is 0 Å². The molecule has 0 fully saturated rings. The van der Waals surface area contributed by atoms with Crippen molar-refractivity contribution in [3.8, 4) is 0 Å². The summed E-state index contributed by atoms with van der Waals surface area (Å²) in [4.78, 5) is 20.9. The smallest absolute Gasteiger partial charge is 0.324 e. The summed E-state index contributed by atoms with van der Waals surface area (Å²) in [6.45, 7) is 0. The lowest BCUT2D eigenvalue weighted by atomic mass is 10.1. The van der Waals surface area contributed by atoms with Crippen LogP contribution in [-0.4, -0.2) is 23.4 Å². The Balaban J connectivity index is 2.93. The minimum absolute atomic E-state index is 0.00426. The third-order valence-corrected chi connectivity index (χ3v) is 2.43. The Labute approximate surface area is 101 Å². The summed E-state index contributed by atoms with van der Waals surface area (Å²) < 4.78 is 17.7. The number of non-ortho nitro benzene ring substituents is 1. The van der Waals surface area contributed by atoms with E-state index in [9.17, 15) is 19.3 Å². The Morgan fingerprint density at radius 1 is 1.65 bits per heavy atom. The fraction of sp³-hybridized carbons (Fsp3) is 0.300. The number of nitro groups is 1. The molecular weight excluding hydrogens is 253 g/mol. The largest absolute Gasteiger partial charge is 0.468 e. The van der Waals surface area contributed by atoms with Crippen molar-refractivity contribution in [1.29, 1.82) is 0 Å². The number of nitrogens with zero attached hydrogens (tertiary/aromatic N) is 1. The van der Waals surface area contributed by atoms with Gasteiger partial charge in [-0.05, 0) is 11.6 Å². The van der Waals surface area contributed by atoms with Crippen LogP contribution in [0.5, 0.6) is 0 Å². The number of carbonyl (C=O) groups excluding carboxylic acids is 1. The first-order valence-electron chi connectivity index (χ1n) is 4.60. The van der Waals surface area contributed by atoms with Gasteiger partial charge in [-0.25, -0.2) is 4.39 Å². The van der Waals surface area contributed by atoms with Gasteiger partial charge in [0.05, 0.1) is 12.0 Å². The quantitative estimate of drug-likeness (QED) is 0.360. The zero-order chi connectivity index (χ0) is 13.0. The van der Waals surface area contributed by atoms with Gasteiger partial charge in [-0.15, -0.1) is 11.6 Å². The van der Waals surface area contributed by atoms with Crippen molar-refractivity contribution < 1.29 is 18.8 Å². The Morgan fingerprint density at radius 3 is 2.82 bits per heavy atom. The van der Waals surface area contributed by atoms with Gasteiger partial charge in [-0.2, -0.15) is 0 Å². The van der Waals surface area contributed by atoms with Gasteiger partial charge in [0.15, 0.2) is 0 Å². The van der Waals surface area contributed by atoms with Crippen LogP contribution < -0.4 is 0 Å². The lowest BCUT2D eigenvalue weighted by Crippen LogP contribution is -2.19. The van der Waals surface area contributed by atoms with Gasteiger partial charge < -0.3 is 4.74 Å². The number of benzene rings is 1. The number of hydrogen-bond donors (Lipinski definition) is 0. The van der Waals surface area contributed by atoms with E-state index in [2.05, 4.69) is 4.74 Å². The highest BCUT2D eigenvalue weighted by molar-refractivity contribution is 6.30. The van der Waals surface area contributed by atoms with Crippen molar-refractivity contribution in [3.63, 3.8) is 0 Å². The van der Waals surface area contributed by atoms with E-state index in [1.54, 1.807) is 0 Å². The van der Waals surface area contributed by atoms with Crippen LogP contribution >= 0.6 is 11.6 Å². The standard InChI is InChI=1S/C10H9ClFNO4/c1-17-10(14)8(11)5-6-4-7(13(15)16)2-3-9(6)12/h2-4,8H,5H2,1H3. The van der Waals surface area contributed by atoms with Gasteiger partial charge in [-0.1, -0.05) is 0 Å². The first-order valence-corrected chi connectivity index (χ1v) is 5.04. The molecule has 0 saturated heterocycles. The predicted molar refractivity (Wildman–Crippen MR) is 58.4 cm³/mol. The number of alkyl halides is 1. The van der Waals surface area contributed by atoms with Gasteiger partial charge in [0.2, 0.25) is 0 Å². The molecule has 5 nitrogen and oxygen atoms in total. The van der Waals surface area contributed by atoms with Crippen LogP contribution in [0.1, 0.15) is 5.56 Å². The van der Waals surface area contributed by atoms with Crippen molar-refractivity contribution in [2.45, 2.75) is 11.8 Å². The Kier molecular flexibility index (Phi) is 4.39. The molecule has 0 aliphatic rings. The highest BCUT2D eigenvalue weighted by Gasteiger charge is 2.20. The van der Waals surface area contributed by atoms with Crippen molar-refractivity contribution in [3.05, 3.63) is 39.7 Å². The second-order valence-corrected chi connectivity index (χ2v) is 3.75. The first kappa shape index (κ1) is 13.4. The topological polar surface area (TPSA) is 69.4 Å². The molecule has 0 bridgehead atoms. The molecule has 0 amide bonds. The molecule has 17 heavy (non-hydrogen) atoms. The molecule has 7 heteroatoms. The van der Waals surface area contributed by atoms with E-state index in [0.717, 1.165) is 25.3 Å². The van der Waals surface area contributed by atoms with Crippen LogP contribution in [0.4, 0.5) is 10.1 Å². The molecular formula is C10H9ClFNO4. The summed E-state index contributed by atoms with van der Waals surface area (Å²) in [7, 11) is 1.15. The molecule has 1 aromatic carbocycles. The lowest BCUT2D eigenvalue weighted by Gasteiger charge is -2.07. The maximum Gasteiger partial charge on any atom is 0.324 e. The van der Waals surface area contributed by atoms with E-state index in [0.29, 0.717) is 0 Å². The molecule has 0 spiro atoms. The van der Waals surface area contributed by atoms with Crippen LogP contribution in [0.3, 0.4) is 0 Å². The molecule has 1 aromatic rings. The number of methoxy groups -OCH3 is 1. The highest BCUT2D eigenvalue weighted by Crippen LogP contribution is 2.19. The van der Waals surface area contributed by atoms with E-state index in [-0.39, 0.29) is 17.7 Å². The minimum atomic E-state index is -1.07. The van der Waals surface area contributed by atoms with Crippen molar-refractivity contribution in [1.82, 2.24) is 0 Å². The molecule has 1 unspecified atom stereocenters. The van der Waals surface area contributed by atoms with Gasteiger partial charge >= 0.3 is 5.97 Å². The second kappa shape index (κ2) is 5.58. The predicted octanol–water partition coefficient (Wildman–Crippen LogP) is 2.06. The molecule has 0 aromatic heterocycles. The third kappa shape index (κ3) is 3.39. The number of esters is 1. The van der Waals surface area contributed by atoms with Gasteiger partial charge in [-0.3, -0.25) is 14.9 Å². The number of rotatable bonds is 4. The van der Waals surface area contributed by atoms with Crippen LogP contribution in [0.2, 0.25) is 0 Å². The number of carbonyl (C=O) groups is 1. The normalized spacial score (nSPS) is 11.9. The van der Waals surface area contributed by atoms with Crippen molar-refractivity contribution >= 4 is 23.3 Å². The van der Waals surface area contributed by atoms with E-state index in [4.69, 9.17) is 11.6 Å². The highest BCUT2D eigenvalue weighted by atomic mass is 35.5. The molecule has 0 saturated carbocycles. The second-order valence-electron chi connectivity index (χ2n) is 3.23. The summed E-state index contributed by atoms with van der Waals surface area (Å²) in [6.07, 6.45) is -0.165. The van der Waals surface area contributed by atoms with Crippen LogP contribution in [0.15, 0.2) is 18.2 Å². The third-order valence-electron chi connectivity index (χ3n) is 2.10. The molecule has 0 heterocycles. The van der Waals surface area contributed by atoms with E-state index in [1.807, 2.05) is 0 Å². The van der Waals surface area contributed by atoms with Gasteiger partial charge in [0.1, 0.15) is 11.2 Å². The lowest BCUT2D eigenvalue weighted by molar-refractivity contribution is -0.385. The maximum absolute atomic E-state index is 13.3. The Hall–Kier alpha value is -1.69. The summed E-state index contributed by atoms with van der Waals surface area (Å²) in [6, 6.07) is 3.06. The Bertz CT molecular complexity index is 452. The Morgan fingerprint density at radius 2 is 2.29 bits per heavy atom. The molecule has 0 radical (unpaired) electrons. The fourth-order valence-corrected chi connectivity index (χ4v) is 1.49. The maximum atomic E-state index is 13.3. The molecule has 1 rings (SSSR count). The summed E-state index contributed by atoms with van der Waals surface area (Å²) >= 11 is 5.66. The number of nitro benzene ring substituents is 1. The van der Waals surface area contributed by atoms with Gasteiger partial charge in [0.25, 0.3) is 5.69 Å². The van der Waals surface area contributed by atoms with E-state index < -0.39 is 22.1 Å². The minimum Gasteiger partial charge on any atom is -0.468 e. The van der Waals surface area contributed by atoms with Crippen LogP contribution in [-0.2, 0) is 16.0 Å². The summed E-state index contributed by atoms with van der Waals surface area (Å²) in [5.74, 6) is -1.36. The SMILES string of the molecule is COC(=O)C(Cl)Cc1cc([N+](=O)[O-])ccc1F. The van der Waals surface area contributed by atoms with Crippen LogP contribution in [0, 0.1) is 15.9 Å². The average Bonchev–Trinajstić information content (AvgIpc) is 2.30. The zero-order valence-electron chi connectivity index (χ0n) is 8.85. The van der Waals surface area contributed by atoms with Crippen molar-refractivity contribution in [2.75, 3.05) is 7.11 Å². The zero-order valence-corrected chi connectivity index (χ0v) is 9.61. The average molecular weight is 262 g/mol. The van der Waals surface area contributed by atoms with E-state index >= 15 is 0 Å². The number of hydrogen-bond acceptors (Lipinski definition) is 4. The molecule has 1 atom stereocenters. The monoisotopic (exact) mass is 261 g/mol. The van der Waals surface area contributed by atoms with Crippen molar-refractivity contribution in [2.24, 2.45) is 0 Å². The number of halogens is 2. The molecule has 0 aliphatic heterocycles. The van der Waals surface area contributed by atoms with Gasteiger partial charge in [0, 0.05) is 18.6 Å².